The first kappa shape index (κ1) is 32.3. The average molecular weight is 666 g/mol. The van der Waals surface area contributed by atoms with Crippen molar-refractivity contribution in [2.24, 2.45) is 5.41 Å². The highest BCUT2D eigenvalue weighted by Gasteiger charge is 2.50. The molecule has 4 heterocycles. The highest BCUT2D eigenvalue weighted by Crippen LogP contribution is 2.48. The molecule has 6 rings (SSSR count). The maximum atomic E-state index is 12.5. The van der Waals surface area contributed by atoms with Crippen LogP contribution in [0.5, 0.6) is 0 Å². The number of carbonyl (C=O) groups excluding carboxylic acids is 1. The van der Waals surface area contributed by atoms with Gasteiger partial charge in [0.15, 0.2) is 11.9 Å². The molecular weight excluding hydrogens is 629 g/mol. The molecule has 2 saturated heterocycles. The van der Waals surface area contributed by atoms with Crippen molar-refractivity contribution in [3.63, 3.8) is 0 Å². The molecule has 6 atom stereocenters. The minimum Gasteiger partial charge on any atom is -0.435 e. The second-order valence-corrected chi connectivity index (χ2v) is 15.0. The molecule has 2 fully saturated rings. The Labute approximate surface area is 264 Å². The average Bonchev–Trinajstić information content (AvgIpc) is 3.61. The van der Waals surface area contributed by atoms with Crippen molar-refractivity contribution in [2.45, 2.75) is 76.8 Å². The molecule has 1 aromatic carbocycles. The molecule has 3 N–H and O–H groups in total. The molecule has 16 heteroatoms. The molecule has 1 aliphatic carbocycles. The highest BCUT2D eigenvalue weighted by atomic mass is 35.5. The summed E-state index contributed by atoms with van der Waals surface area (Å²) in [5.74, 6) is 0.0249. The summed E-state index contributed by atoms with van der Waals surface area (Å²) in [6.07, 6.45) is -3.43. The van der Waals surface area contributed by atoms with E-state index >= 15 is 0 Å². The van der Waals surface area contributed by atoms with Gasteiger partial charge in [0.2, 0.25) is 11.6 Å². The summed E-state index contributed by atoms with van der Waals surface area (Å²) in [5.41, 5.74) is 2.32. The van der Waals surface area contributed by atoms with Crippen molar-refractivity contribution < 1.29 is 43.2 Å². The third kappa shape index (κ3) is 6.22. The number of esters is 1. The first-order chi connectivity index (χ1) is 21.2. The molecule has 2 aromatic heterocycles. The minimum absolute atomic E-state index is 0.000969. The molecule has 3 aromatic rings. The molecule has 244 valence electrons. The number of ether oxygens (including phenoxy) is 3. The molecule has 0 saturated carbocycles. The maximum absolute atomic E-state index is 12.5. The number of aromatic nitrogens is 4. The van der Waals surface area contributed by atoms with Crippen LogP contribution in [-0.2, 0) is 39.9 Å². The summed E-state index contributed by atoms with van der Waals surface area (Å²) in [5, 5.41) is 26.6. The van der Waals surface area contributed by atoms with Crippen molar-refractivity contribution in [1.29, 1.82) is 0 Å². The number of carbonyl (C=O) groups is 1. The molecule has 2 unspecified atom stereocenters. The lowest BCUT2D eigenvalue weighted by molar-refractivity contribution is -0.171. The number of hydrogen-bond acceptors (Lipinski definition) is 12. The van der Waals surface area contributed by atoms with Crippen molar-refractivity contribution in [2.75, 3.05) is 30.9 Å². The van der Waals surface area contributed by atoms with Crippen molar-refractivity contribution in [1.82, 2.24) is 19.7 Å². The Morgan fingerprint density at radius 2 is 1.96 bits per heavy atom. The third-order valence-electron chi connectivity index (χ3n) is 8.47. The molecule has 0 radical (unpaired) electrons. The van der Waals surface area contributed by atoms with Crippen molar-refractivity contribution in [3.05, 3.63) is 46.9 Å². The largest absolute Gasteiger partial charge is 0.435 e. The Balaban J connectivity index is 1.10. The van der Waals surface area contributed by atoms with E-state index < -0.39 is 56.2 Å². The zero-order valence-corrected chi connectivity index (χ0v) is 27.0. The smallest absolute Gasteiger partial charge is 0.356 e. The summed E-state index contributed by atoms with van der Waals surface area (Å²) in [4.78, 5) is 33.2. The van der Waals surface area contributed by atoms with E-state index in [1.165, 1.54) is 22.7 Å². The maximum Gasteiger partial charge on any atom is 0.356 e. The van der Waals surface area contributed by atoms with Crippen LogP contribution in [0.2, 0.25) is 5.28 Å². The molecule has 45 heavy (non-hydrogen) atoms. The van der Waals surface area contributed by atoms with Gasteiger partial charge >= 0.3 is 13.6 Å². The van der Waals surface area contributed by atoms with Crippen LogP contribution >= 0.6 is 19.2 Å². The van der Waals surface area contributed by atoms with E-state index in [0.717, 1.165) is 25.9 Å². The van der Waals surface area contributed by atoms with Gasteiger partial charge in [0.1, 0.15) is 30.5 Å². The number of aliphatic hydroxyl groups excluding tert-OH is 2. The van der Waals surface area contributed by atoms with Crippen LogP contribution in [0.25, 0.3) is 11.0 Å². The van der Waals surface area contributed by atoms with E-state index in [4.69, 9.17) is 30.3 Å². The predicted molar refractivity (Wildman–Crippen MR) is 162 cm³/mol. The summed E-state index contributed by atoms with van der Waals surface area (Å²) in [6.45, 7) is 7.43. The Bertz CT molecular complexity index is 1640. The number of benzene rings is 1. The predicted octanol–water partition coefficient (Wildman–Crippen LogP) is 2.91. The minimum atomic E-state index is -4.34. The fourth-order valence-electron chi connectivity index (χ4n) is 6.20. The summed E-state index contributed by atoms with van der Waals surface area (Å²) >= 11 is 6.36. The van der Waals surface area contributed by atoms with Gasteiger partial charge in [-0.1, -0.05) is 24.3 Å². The van der Waals surface area contributed by atoms with E-state index in [0.29, 0.717) is 16.9 Å². The molecule has 1 spiro atoms. The standard InChI is InChI=1S/C29H37ClN5O9P/c1-16(42-26(38)28(2,3)4)44-45(39,40)15-41-12-20-21(36)22(37)25(43-20)35-24-18(11-31-35)23(32-27(30)33-24)34-13-29(14-34)10-9-17-7-5-6-8-19(17)29/h5-8,11,16,20-22,25,36-37H,9-10,12-15H2,1-4H3,(H,39,40)/t16?,20-,21-,22-,25-/m1/s1. The number of halogens is 1. The number of aryl methyl sites for hydroxylation is 1. The van der Waals surface area contributed by atoms with Crippen molar-refractivity contribution >= 4 is 42.0 Å². The van der Waals surface area contributed by atoms with Crippen LogP contribution in [-0.4, -0.2) is 91.5 Å². The second kappa shape index (κ2) is 11.8. The van der Waals surface area contributed by atoms with Crippen LogP contribution in [0.15, 0.2) is 30.5 Å². The lowest BCUT2D eigenvalue weighted by Gasteiger charge is -2.49. The molecule has 3 aliphatic rings. The highest BCUT2D eigenvalue weighted by molar-refractivity contribution is 7.52. The van der Waals surface area contributed by atoms with Crippen molar-refractivity contribution in [3.8, 4) is 0 Å². The lowest BCUT2D eigenvalue weighted by Crippen LogP contribution is -2.58. The second-order valence-electron chi connectivity index (χ2n) is 12.9. The third-order valence-corrected chi connectivity index (χ3v) is 9.77. The van der Waals surface area contributed by atoms with Crippen LogP contribution in [0.4, 0.5) is 5.82 Å². The summed E-state index contributed by atoms with van der Waals surface area (Å²) < 4.78 is 35.1. The van der Waals surface area contributed by atoms with E-state index in [1.807, 2.05) is 0 Å². The van der Waals surface area contributed by atoms with E-state index in [1.54, 1.807) is 27.0 Å². The van der Waals surface area contributed by atoms with Gasteiger partial charge in [-0.2, -0.15) is 15.1 Å². The normalized spacial score (nSPS) is 26.1. The number of anilines is 1. The number of aliphatic hydroxyl groups is 2. The molecule has 14 nitrogen and oxygen atoms in total. The number of nitrogens with zero attached hydrogens (tertiary/aromatic N) is 5. The van der Waals surface area contributed by atoms with Crippen LogP contribution in [0.3, 0.4) is 0 Å². The topological polar surface area (TPSA) is 179 Å². The number of hydrogen-bond donors (Lipinski definition) is 3. The Hall–Kier alpha value is -2.68. The monoisotopic (exact) mass is 665 g/mol. The fraction of sp³-hybridized carbons (Fsp3) is 0.586. The van der Waals surface area contributed by atoms with Gasteiger partial charge in [-0.25, -0.2) is 4.68 Å². The Morgan fingerprint density at radius 3 is 2.69 bits per heavy atom. The zero-order chi connectivity index (χ0) is 32.3. The van der Waals surface area contributed by atoms with E-state index in [2.05, 4.69) is 44.2 Å². The first-order valence-corrected chi connectivity index (χ1v) is 16.9. The van der Waals surface area contributed by atoms with E-state index in [-0.39, 0.29) is 17.3 Å². The zero-order valence-electron chi connectivity index (χ0n) is 25.4. The van der Waals surface area contributed by atoms with Gasteiger partial charge in [0, 0.05) is 18.5 Å². The molecule has 0 bridgehead atoms. The van der Waals surface area contributed by atoms with Gasteiger partial charge in [0.25, 0.3) is 0 Å². The van der Waals surface area contributed by atoms with Crippen LogP contribution in [0.1, 0.15) is 51.5 Å². The van der Waals surface area contributed by atoms with Gasteiger partial charge in [-0.15, -0.1) is 0 Å². The first-order valence-electron chi connectivity index (χ1n) is 14.7. The number of rotatable bonds is 9. The Kier molecular flexibility index (Phi) is 8.49. The summed E-state index contributed by atoms with van der Waals surface area (Å²) in [7, 11) is -4.34. The van der Waals surface area contributed by atoms with E-state index in [9.17, 15) is 24.5 Å². The van der Waals surface area contributed by atoms with Gasteiger partial charge in [-0.05, 0) is 63.3 Å². The SMILES string of the molecule is CC(OC(=O)C(C)(C)C)OP(=O)(O)COC[C@H]1O[C@@H](n2ncc3c(N4CC5(CCc6ccccc65)C4)nc(Cl)nc32)[C@H](O)[C@@H]1O. The molecular formula is C29H37ClN5O9P. The van der Waals surface area contributed by atoms with Gasteiger partial charge in [0.05, 0.1) is 23.6 Å². The van der Waals surface area contributed by atoms with Gasteiger partial charge in [-0.3, -0.25) is 13.9 Å². The molecule has 0 amide bonds. The fourth-order valence-corrected chi connectivity index (χ4v) is 7.27. The van der Waals surface area contributed by atoms with Gasteiger partial charge < -0.3 is 34.2 Å². The Morgan fingerprint density at radius 1 is 1.22 bits per heavy atom. The molecule has 2 aliphatic heterocycles. The van der Waals surface area contributed by atoms with Crippen LogP contribution < -0.4 is 4.90 Å². The summed E-state index contributed by atoms with van der Waals surface area (Å²) in [6, 6.07) is 8.52. The quantitative estimate of drug-likeness (QED) is 0.132. The lowest BCUT2D eigenvalue weighted by atomic mass is 9.75. The number of fused-ring (bicyclic) bond motifs is 3. The van der Waals surface area contributed by atoms with Crippen LogP contribution in [0, 0.1) is 5.41 Å².